The average molecular weight is 605 g/mol. The number of hydrogen-bond acceptors (Lipinski definition) is 7. The van der Waals surface area contributed by atoms with E-state index in [-0.39, 0.29) is 25.0 Å². The molecular formula is C36H48N2O6. The number of rotatable bonds is 19. The van der Waals surface area contributed by atoms with E-state index in [2.05, 4.69) is 13.8 Å². The van der Waals surface area contributed by atoms with E-state index in [1.807, 2.05) is 48.5 Å². The lowest BCUT2D eigenvalue weighted by molar-refractivity contribution is 0.0631. The van der Waals surface area contributed by atoms with Gasteiger partial charge in [-0.05, 0) is 73.5 Å². The Labute approximate surface area is 262 Å². The second-order valence-electron chi connectivity index (χ2n) is 10.6. The second-order valence-corrected chi connectivity index (χ2v) is 10.6. The van der Waals surface area contributed by atoms with Gasteiger partial charge in [-0.15, -0.1) is 0 Å². The number of ether oxygens (including phenoxy) is 4. The molecule has 4 rings (SSSR count). The smallest absolute Gasteiger partial charge is 0.261 e. The number of nitrogens with two attached hydrogens (primary N) is 1. The Morgan fingerprint density at radius 1 is 0.523 bits per heavy atom. The Bertz CT molecular complexity index is 1210. The molecule has 1 aliphatic heterocycles. The first-order valence-electron chi connectivity index (χ1n) is 15.9. The summed E-state index contributed by atoms with van der Waals surface area (Å²) in [5.41, 5.74) is 6.28. The van der Waals surface area contributed by atoms with E-state index in [0.717, 1.165) is 43.3 Å². The fourth-order valence-corrected chi connectivity index (χ4v) is 4.58. The molecule has 8 heteroatoms. The number of benzene rings is 3. The fraction of sp³-hybridized carbons (Fsp3) is 0.444. The minimum absolute atomic E-state index is 0.224. The van der Waals surface area contributed by atoms with Crippen LogP contribution in [0.1, 0.15) is 85.9 Å². The van der Waals surface area contributed by atoms with Crippen LogP contribution >= 0.6 is 0 Å². The molecule has 44 heavy (non-hydrogen) atoms. The third-order valence-electron chi connectivity index (χ3n) is 7.03. The highest BCUT2D eigenvalue weighted by molar-refractivity contribution is 6.21. The molecule has 1 aliphatic rings. The van der Waals surface area contributed by atoms with Crippen molar-refractivity contribution in [3.8, 4) is 23.0 Å². The van der Waals surface area contributed by atoms with Crippen molar-refractivity contribution in [1.29, 1.82) is 0 Å². The molecule has 0 aliphatic carbocycles. The lowest BCUT2D eigenvalue weighted by Gasteiger charge is -2.14. The van der Waals surface area contributed by atoms with Gasteiger partial charge in [0.15, 0.2) is 0 Å². The van der Waals surface area contributed by atoms with Gasteiger partial charge in [-0.2, -0.15) is 0 Å². The molecule has 0 radical (unpaired) electrons. The average Bonchev–Trinajstić information content (AvgIpc) is 3.30. The Morgan fingerprint density at radius 2 is 0.909 bits per heavy atom. The molecule has 8 nitrogen and oxygen atoms in total. The summed E-state index contributed by atoms with van der Waals surface area (Å²) in [5, 5.41) is 0. The quantitative estimate of drug-likeness (QED) is 0.113. The molecule has 0 saturated heterocycles. The first-order chi connectivity index (χ1) is 21.6. The standard InChI is InChI=1S/C22H25NO4.C14H23NO2/c1-2-3-4-7-15-26-17-10-12-18(13-11-17)27-16-14-23-21(24)19-8-5-6-9-20(19)22(23)25;1-2-3-4-5-11-16-13-6-8-14(9-7-13)17-12-10-15/h5-6,8-13H,2-4,7,14-16H2,1H3;6-9H,2-5,10-12,15H2,1H3. The maximum atomic E-state index is 12.3. The van der Waals surface area contributed by atoms with Gasteiger partial charge >= 0.3 is 0 Å². The summed E-state index contributed by atoms with van der Waals surface area (Å²) < 4.78 is 22.4. The summed E-state index contributed by atoms with van der Waals surface area (Å²) in [6.07, 6.45) is 9.62. The molecule has 0 atom stereocenters. The first kappa shape index (κ1) is 34.5. The zero-order chi connectivity index (χ0) is 31.4. The van der Waals surface area contributed by atoms with Gasteiger partial charge in [0.2, 0.25) is 0 Å². The van der Waals surface area contributed by atoms with Gasteiger partial charge in [0.1, 0.15) is 36.2 Å². The third kappa shape index (κ3) is 11.6. The van der Waals surface area contributed by atoms with Crippen LogP contribution in [0, 0.1) is 0 Å². The lowest BCUT2D eigenvalue weighted by atomic mass is 10.1. The SMILES string of the molecule is CCCCCCOc1ccc(OCCN)cc1.CCCCCCOc1ccc(OCCN2C(=O)c3ccccc3C2=O)cc1. The zero-order valence-electron chi connectivity index (χ0n) is 26.3. The number of carbonyl (C=O) groups is 2. The van der Waals surface area contributed by atoms with Crippen LogP contribution in [0.15, 0.2) is 72.8 Å². The molecule has 3 aromatic carbocycles. The number of imide groups is 1. The van der Waals surface area contributed by atoms with Crippen LogP contribution in [0.2, 0.25) is 0 Å². The van der Waals surface area contributed by atoms with E-state index in [4.69, 9.17) is 24.7 Å². The molecule has 0 spiro atoms. The number of nitrogens with zero attached hydrogens (tertiary/aromatic N) is 1. The van der Waals surface area contributed by atoms with Gasteiger partial charge in [-0.1, -0.05) is 64.5 Å². The molecular weight excluding hydrogens is 556 g/mol. The van der Waals surface area contributed by atoms with Crippen molar-refractivity contribution in [3.63, 3.8) is 0 Å². The third-order valence-corrected chi connectivity index (χ3v) is 7.03. The zero-order valence-corrected chi connectivity index (χ0v) is 26.3. The number of amides is 2. The molecule has 2 N–H and O–H groups in total. The molecule has 3 aromatic rings. The van der Waals surface area contributed by atoms with Crippen LogP contribution in [0.25, 0.3) is 0 Å². The van der Waals surface area contributed by atoms with E-state index in [9.17, 15) is 9.59 Å². The minimum atomic E-state index is -0.258. The van der Waals surface area contributed by atoms with E-state index in [0.29, 0.717) is 30.0 Å². The van der Waals surface area contributed by atoms with Crippen molar-refractivity contribution < 1.29 is 28.5 Å². The molecule has 0 fully saturated rings. The van der Waals surface area contributed by atoms with Crippen molar-refractivity contribution >= 4 is 11.8 Å². The van der Waals surface area contributed by atoms with Crippen molar-refractivity contribution in [2.45, 2.75) is 65.2 Å². The topological polar surface area (TPSA) is 100 Å². The Kier molecular flexibility index (Phi) is 15.7. The molecule has 2 amide bonds. The van der Waals surface area contributed by atoms with Crippen LogP contribution in [0.5, 0.6) is 23.0 Å². The van der Waals surface area contributed by atoms with Gasteiger partial charge in [-0.3, -0.25) is 14.5 Å². The molecule has 238 valence electrons. The summed E-state index contributed by atoms with van der Waals surface area (Å²) in [6, 6.07) is 22.0. The van der Waals surface area contributed by atoms with Crippen LogP contribution < -0.4 is 24.7 Å². The van der Waals surface area contributed by atoms with Crippen LogP contribution in [0.4, 0.5) is 0 Å². The largest absolute Gasteiger partial charge is 0.494 e. The maximum absolute atomic E-state index is 12.3. The second kappa shape index (κ2) is 20.0. The van der Waals surface area contributed by atoms with Gasteiger partial charge in [-0.25, -0.2) is 0 Å². The van der Waals surface area contributed by atoms with E-state index in [1.54, 1.807) is 24.3 Å². The highest BCUT2D eigenvalue weighted by Gasteiger charge is 2.34. The van der Waals surface area contributed by atoms with Crippen LogP contribution in [-0.2, 0) is 0 Å². The summed E-state index contributed by atoms with van der Waals surface area (Å²) in [6.45, 7) is 7.48. The van der Waals surface area contributed by atoms with Crippen molar-refractivity contribution in [2.75, 3.05) is 39.5 Å². The maximum Gasteiger partial charge on any atom is 0.261 e. The summed E-state index contributed by atoms with van der Waals surface area (Å²) >= 11 is 0. The monoisotopic (exact) mass is 604 g/mol. The van der Waals surface area contributed by atoms with Crippen molar-refractivity contribution in [1.82, 2.24) is 4.90 Å². The predicted molar refractivity (Wildman–Crippen MR) is 174 cm³/mol. The highest BCUT2D eigenvalue weighted by Crippen LogP contribution is 2.23. The predicted octanol–water partition coefficient (Wildman–Crippen LogP) is 7.30. The minimum Gasteiger partial charge on any atom is -0.494 e. The number of hydrogen-bond donors (Lipinski definition) is 1. The number of unbranched alkanes of at least 4 members (excludes halogenated alkanes) is 6. The molecule has 0 saturated carbocycles. The fourth-order valence-electron chi connectivity index (χ4n) is 4.58. The van der Waals surface area contributed by atoms with E-state index < -0.39 is 0 Å². The normalized spacial score (nSPS) is 11.9. The molecule has 1 heterocycles. The lowest BCUT2D eigenvalue weighted by Crippen LogP contribution is -2.33. The Balaban J connectivity index is 0.000000269. The number of carbonyl (C=O) groups excluding carboxylic acids is 2. The van der Waals surface area contributed by atoms with Crippen molar-refractivity contribution in [2.24, 2.45) is 5.73 Å². The summed E-state index contributed by atoms with van der Waals surface area (Å²) in [4.78, 5) is 25.8. The Morgan fingerprint density at radius 3 is 1.30 bits per heavy atom. The first-order valence-corrected chi connectivity index (χ1v) is 15.9. The van der Waals surface area contributed by atoms with Crippen LogP contribution in [0.3, 0.4) is 0 Å². The van der Waals surface area contributed by atoms with E-state index in [1.165, 1.54) is 43.4 Å². The van der Waals surface area contributed by atoms with Gasteiger partial charge < -0.3 is 24.7 Å². The summed E-state index contributed by atoms with van der Waals surface area (Å²) in [7, 11) is 0. The van der Waals surface area contributed by atoms with Gasteiger partial charge in [0.05, 0.1) is 30.9 Å². The summed E-state index contributed by atoms with van der Waals surface area (Å²) in [5.74, 6) is 2.73. The van der Waals surface area contributed by atoms with Gasteiger partial charge in [0, 0.05) is 6.54 Å². The Hall–Kier alpha value is -4.04. The van der Waals surface area contributed by atoms with E-state index >= 15 is 0 Å². The van der Waals surface area contributed by atoms with Crippen molar-refractivity contribution in [3.05, 3.63) is 83.9 Å². The molecule has 0 aromatic heterocycles. The molecule has 0 unspecified atom stereocenters. The molecule has 0 bridgehead atoms. The number of fused-ring (bicyclic) bond motifs is 1. The van der Waals surface area contributed by atoms with Crippen LogP contribution in [-0.4, -0.2) is 56.2 Å². The van der Waals surface area contributed by atoms with Gasteiger partial charge in [0.25, 0.3) is 11.8 Å². The highest BCUT2D eigenvalue weighted by atomic mass is 16.5.